The Kier molecular flexibility index (Phi) is 5.26. The predicted octanol–water partition coefficient (Wildman–Crippen LogP) is 1.98. The number of rotatable bonds is 5. The van der Waals surface area contributed by atoms with Gasteiger partial charge in [0.2, 0.25) is 0 Å². The molecular formula is C16H27N3O. The van der Waals surface area contributed by atoms with Crippen LogP contribution < -0.4 is 10.5 Å². The van der Waals surface area contributed by atoms with E-state index in [2.05, 4.69) is 23.8 Å². The van der Waals surface area contributed by atoms with Gasteiger partial charge in [-0.25, -0.2) is 0 Å². The molecule has 1 saturated heterocycles. The number of nitrogens with zero attached hydrogens (tertiary/aromatic N) is 2. The number of piperazine rings is 1. The molecule has 1 fully saturated rings. The number of anilines is 1. The highest BCUT2D eigenvalue weighted by molar-refractivity contribution is 5.53. The summed E-state index contributed by atoms with van der Waals surface area (Å²) in [6, 6.07) is 6.52. The van der Waals surface area contributed by atoms with Crippen LogP contribution in [0, 0.1) is 6.92 Å². The highest BCUT2D eigenvalue weighted by Gasteiger charge is 2.18. The summed E-state index contributed by atoms with van der Waals surface area (Å²) in [7, 11) is 2.19. The molecule has 20 heavy (non-hydrogen) atoms. The van der Waals surface area contributed by atoms with Gasteiger partial charge in [0.15, 0.2) is 0 Å². The number of ether oxygens (including phenoxy) is 1. The summed E-state index contributed by atoms with van der Waals surface area (Å²) in [4.78, 5) is 4.93. The van der Waals surface area contributed by atoms with E-state index < -0.39 is 0 Å². The van der Waals surface area contributed by atoms with Crippen molar-refractivity contribution >= 4 is 5.69 Å². The van der Waals surface area contributed by atoms with E-state index >= 15 is 0 Å². The first-order valence-corrected chi connectivity index (χ1v) is 7.48. The first-order chi connectivity index (χ1) is 9.56. The summed E-state index contributed by atoms with van der Waals surface area (Å²) in [5.74, 6) is 0.807. The monoisotopic (exact) mass is 277 g/mol. The Hall–Kier alpha value is -1.26. The Morgan fingerprint density at radius 2 is 1.95 bits per heavy atom. The van der Waals surface area contributed by atoms with Crippen molar-refractivity contribution < 1.29 is 4.74 Å². The third-order valence-electron chi connectivity index (χ3n) is 4.12. The minimum Gasteiger partial charge on any atom is -0.491 e. The molecule has 0 aliphatic carbocycles. The second-order valence-electron chi connectivity index (χ2n) is 5.87. The summed E-state index contributed by atoms with van der Waals surface area (Å²) >= 11 is 0. The van der Waals surface area contributed by atoms with Crippen LogP contribution in [0.25, 0.3) is 0 Å². The normalized spacial score (nSPS) is 18.9. The Morgan fingerprint density at radius 3 is 2.60 bits per heavy atom. The van der Waals surface area contributed by atoms with Crippen LogP contribution in [0.3, 0.4) is 0 Å². The Balaban J connectivity index is 1.75. The molecule has 112 valence electrons. The van der Waals surface area contributed by atoms with Crippen molar-refractivity contribution in [3.05, 3.63) is 23.8 Å². The number of aryl methyl sites for hydroxylation is 1. The minimum atomic E-state index is 0.565. The smallest absolute Gasteiger partial charge is 0.142 e. The van der Waals surface area contributed by atoms with Crippen LogP contribution >= 0.6 is 0 Å². The van der Waals surface area contributed by atoms with Gasteiger partial charge in [-0.15, -0.1) is 0 Å². The SMILES string of the molecule is Cc1ccc(OCCC(C)N2CCN(C)CC2)c(N)c1. The molecule has 0 spiro atoms. The van der Waals surface area contributed by atoms with E-state index in [0.717, 1.165) is 50.6 Å². The lowest BCUT2D eigenvalue weighted by molar-refractivity contribution is 0.106. The van der Waals surface area contributed by atoms with Gasteiger partial charge in [-0.05, 0) is 45.0 Å². The summed E-state index contributed by atoms with van der Waals surface area (Å²) in [5, 5.41) is 0. The number of benzene rings is 1. The third-order valence-corrected chi connectivity index (χ3v) is 4.12. The average Bonchev–Trinajstić information content (AvgIpc) is 2.42. The summed E-state index contributed by atoms with van der Waals surface area (Å²) in [6.07, 6.45) is 1.04. The van der Waals surface area contributed by atoms with Crippen molar-refractivity contribution in [3.63, 3.8) is 0 Å². The van der Waals surface area contributed by atoms with E-state index in [1.807, 2.05) is 25.1 Å². The Labute approximate surface area is 122 Å². The van der Waals surface area contributed by atoms with Gasteiger partial charge in [-0.3, -0.25) is 4.90 Å². The third kappa shape index (κ3) is 4.12. The van der Waals surface area contributed by atoms with E-state index in [0.29, 0.717) is 6.04 Å². The van der Waals surface area contributed by atoms with E-state index in [1.165, 1.54) is 5.56 Å². The molecule has 4 heteroatoms. The molecular weight excluding hydrogens is 250 g/mol. The summed E-state index contributed by atoms with van der Waals surface area (Å²) in [6.45, 7) is 9.68. The second kappa shape index (κ2) is 6.95. The molecule has 2 N–H and O–H groups in total. The first kappa shape index (κ1) is 15.1. The molecule has 4 nitrogen and oxygen atoms in total. The second-order valence-corrected chi connectivity index (χ2v) is 5.87. The molecule has 0 radical (unpaired) electrons. The fourth-order valence-corrected chi connectivity index (χ4v) is 2.58. The highest BCUT2D eigenvalue weighted by Crippen LogP contribution is 2.22. The van der Waals surface area contributed by atoms with Gasteiger partial charge < -0.3 is 15.4 Å². The minimum absolute atomic E-state index is 0.565. The molecule has 1 heterocycles. The molecule has 0 saturated carbocycles. The molecule has 1 unspecified atom stereocenters. The molecule has 1 aliphatic heterocycles. The molecule has 1 aromatic carbocycles. The number of nitrogen functional groups attached to an aromatic ring is 1. The number of hydrogen-bond donors (Lipinski definition) is 1. The lowest BCUT2D eigenvalue weighted by Gasteiger charge is -2.36. The van der Waals surface area contributed by atoms with Crippen molar-refractivity contribution in [1.82, 2.24) is 9.80 Å². The van der Waals surface area contributed by atoms with Gasteiger partial charge in [0, 0.05) is 32.2 Å². The quantitative estimate of drug-likeness (QED) is 0.836. The molecule has 0 bridgehead atoms. The van der Waals surface area contributed by atoms with Crippen molar-refractivity contribution in [2.75, 3.05) is 45.6 Å². The lowest BCUT2D eigenvalue weighted by Crippen LogP contribution is -2.48. The zero-order valence-corrected chi connectivity index (χ0v) is 12.9. The van der Waals surface area contributed by atoms with Crippen LogP contribution in [-0.4, -0.2) is 55.7 Å². The van der Waals surface area contributed by atoms with Crippen molar-refractivity contribution in [2.24, 2.45) is 0 Å². The van der Waals surface area contributed by atoms with E-state index in [4.69, 9.17) is 10.5 Å². The molecule has 1 atom stereocenters. The molecule has 2 rings (SSSR count). The zero-order valence-electron chi connectivity index (χ0n) is 12.9. The lowest BCUT2D eigenvalue weighted by atomic mass is 10.2. The van der Waals surface area contributed by atoms with E-state index in [1.54, 1.807) is 0 Å². The summed E-state index contributed by atoms with van der Waals surface area (Å²) in [5.41, 5.74) is 7.86. The van der Waals surface area contributed by atoms with Crippen LogP contribution in [0.15, 0.2) is 18.2 Å². The molecule has 0 aromatic heterocycles. The first-order valence-electron chi connectivity index (χ1n) is 7.48. The number of hydrogen-bond acceptors (Lipinski definition) is 4. The molecule has 1 aliphatic rings. The van der Waals surface area contributed by atoms with Crippen LogP contribution in [0.1, 0.15) is 18.9 Å². The van der Waals surface area contributed by atoms with Crippen molar-refractivity contribution in [2.45, 2.75) is 26.3 Å². The largest absolute Gasteiger partial charge is 0.491 e. The van der Waals surface area contributed by atoms with Gasteiger partial charge >= 0.3 is 0 Å². The van der Waals surface area contributed by atoms with E-state index in [-0.39, 0.29) is 0 Å². The summed E-state index contributed by atoms with van der Waals surface area (Å²) < 4.78 is 5.81. The van der Waals surface area contributed by atoms with Gasteiger partial charge in [0.25, 0.3) is 0 Å². The van der Waals surface area contributed by atoms with Crippen LogP contribution in [0.5, 0.6) is 5.75 Å². The average molecular weight is 277 g/mol. The van der Waals surface area contributed by atoms with Gasteiger partial charge in [0.05, 0.1) is 12.3 Å². The highest BCUT2D eigenvalue weighted by atomic mass is 16.5. The van der Waals surface area contributed by atoms with Crippen LogP contribution in [0.4, 0.5) is 5.69 Å². The van der Waals surface area contributed by atoms with Gasteiger partial charge in [-0.2, -0.15) is 0 Å². The maximum atomic E-state index is 5.96. The fraction of sp³-hybridized carbons (Fsp3) is 0.625. The van der Waals surface area contributed by atoms with Gasteiger partial charge in [0.1, 0.15) is 5.75 Å². The number of nitrogens with two attached hydrogens (primary N) is 1. The topological polar surface area (TPSA) is 41.7 Å². The maximum absolute atomic E-state index is 5.96. The number of likely N-dealkylation sites (N-methyl/N-ethyl adjacent to an activating group) is 1. The van der Waals surface area contributed by atoms with Crippen molar-refractivity contribution in [1.29, 1.82) is 0 Å². The Morgan fingerprint density at radius 1 is 1.25 bits per heavy atom. The van der Waals surface area contributed by atoms with Crippen LogP contribution in [-0.2, 0) is 0 Å². The predicted molar refractivity (Wildman–Crippen MR) is 84.2 cm³/mol. The van der Waals surface area contributed by atoms with Crippen LogP contribution in [0.2, 0.25) is 0 Å². The van der Waals surface area contributed by atoms with E-state index in [9.17, 15) is 0 Å². The zero-order chi connectivity index (χ0) is 14.5. The van der Waals surface area contributed by atoms with Crippen molar-refractivity contribution in [3.8, 4) is 5.75 Å². The standard InChI is InChI=1S/C16H27N3O/c1-13-4-5-16(15(17)12-13)20-11-6-14(2)19-9-7-18(3)8-10-19/h4-5,12,14H,6-11,17H2,1-3H3. The molecule has 1 aromatic rings. The Bertz CT molecular complexity index is 428. The maximum Gasteiger partial charge on any atom is 0.142 e. The fourth-order valence-electron chi connectivity index (χ4n) is 2.58. The molecule has 0 amide bonds. The van der Waals surface area contributed by atoms with Gasteiger partial charge in [-0.1, -0.05) is 6.07 Å².